The Bertz CT molecular complexity index is 658. The van der Waals surface area contributed by atoms with Crippen LogP contribution in [-0.2, 0) is 16.6 Å². The van der Waals surface area contributed by atoms with Gasteiger partial charge in [-0.3, -0.25) is 4.98 Å². The molecule has 0 unspecified atom stereocenters. The van der Waals surface area contributed by atoms with Crippen molar-refractivity contribution < 1.29 is 8.42 Å². The summed E-state index contributed by atoms with van der Waals surface area (Å²) in [4.78, 5) is 7.87. The van der Waals surface area contributed by atoms with E-state index >= 15 is 0 Å². The number of nitrogen functional groups attached to an aromatic ring is 1. The molecule has 0 saturated carbocycles. The molecule has 6 nitrogen and oxygen atoms in total. The van der Waals surface area contributed by atoms with Crippen LogP contribution in [0.1, 0.15) is 5.56 Å². The van der Waals surface area contributed by atoms with Crippen molar-refractivity contribution in [2.75, 3.05) is 12.8 Å². The summed E-state index contributed by atoms with van der Waals surface area (Å²) in [5.74, 6) is 0.177. The maximum Gasteiger partial charge on any atom is 0.243 e. The molecule has 7 heteroatoms. The third kappa shape index (κ3) is 3.07. The van der Waals surface area contributed by atoms with Gasteiger partial charge in [-0.05, 0) is 17.7 Å². The number of sulfonamides is 1. The molecule has 0 aliphatic heterocycles. The number of hydrogen-bond acceptors (Lipinski definition) is 5. The van der Waals surface area contributed by atoms with E-state index in [1.54, 1.807) is 18.5 Å². The maximum atomic E-state index is 12.3. The van der Waals surface area contributed by atoms with Gasteiger partial charge in [0.05, 0.1) is 4.90 Å². The summed E-state index contributed by atoms with van der Waals surface area (Å²) in [6.45, 7) is 0.248. The van der Waals surface area contributed by atoms with Gasteiger partial charge in [-0.2, -0.15) is 4.31 Å². The summed E-state index contributed by atoms with van der Waals surface area (Å²) in [5, 5.41) is 0. The highest BCUT2D eigenvalue weighted by Crippen LogP contribution is 2.17. The maximum absolute atomic E-state index is 12.3. The molecule has 0 fully saturated rings. The molecule has 100 valence electrons. The number of anilines is 1. The van der Waals surface area contributed by atoms with Crippen LogP contribution in [0.3, 0.4) is 0 Å². The van der Waals surface area contributed by atoms with E-state index in [1.165, 1.54) is 29.7 Å². The monoisotopic (exact) mass is 278 g/mol. The second kappa shape index (κ2) is 5.33. The van der Waals surface area contributed by atoms with Crippen LogP contribution in [-0.4, -0.2) is 29.7 Å². The van der Waals surface area contributed by atoms with E-state index < -0.39 is 10.0 Å². The Balaban J connectivity index is 2.25. The highest BCUT2D eigenvalue weighted by molar-refractivity contribution is 7.89. The number of aromatic nitrogens is 2. The second-order valence-corrected chi connectivity index (χ2v) is 6.08. The van der Waals surface area contributed by atoms with Gasteiger partial charge in [0.15, 0.2) is 0 Å². The number of rotatable bonds is 4. The van der Waals surface area contributed by atoms with Gasteiger partial charge in [0, 0.05) is 38.2 Å². The van der Waals surface area contributed by atoms with Crippen LogP contribution in [0.4, 0.5) is 5.82 Å². The molecule has 0 aliphatic rings. The molecule has 19 heavy (non-hydrogen) atoms. The fourth-order valence-corrected chi connectivity index (χ4v) is 2.78. The Labute approximate surface area is 112 Å². The summed E-state index contributed by atoms with van der Waals surface area (Å²) >= 11 is 0. The van der Waals surface area contributed by atoms with E-state index in [4.69, 9.17) is 5.73 Å². The molecular weight excluding hydrogens is 264 g/mol. The average molecular weight is 278 g/mol. The first-order chi connectivity index (χ1) is 9.00. The summed E-state index contributed by atoms with van der Waals surface area (Å²) in [6, 6.07) is 6.35. The minimum absolute atomic E-state index is 0.131. The van der Waals surface area contributed by atoms with Gasteiger partial charge in [0.2, 0.25) is 10.0 Å². The zero-order chi connectivity index (χ0) is 13.9. The lowest BCUT2D eigenvalue weighted by Crippen LogP contribution is -2.26. The summed E-state index contributed by atoms with van der Waals surface area (Å²) < 4.78 is 25.9. The van der Waals surface area contributed by atoms with Gasteiger partial charge < -0.3 is 5.73 Å². The molecule has 2 rings (SSSR count). The van der Waals surface area contributed by atoms with E-state index in [-0.39, 0.29) is 17.3 Å². The predicted octanol–water partition coefficient (Wildman–Crippen LogP) is 0.879. The molecule has 0 spiro atoms. The van der Waals surface area contributed by atoms with Crippen molar-refractivity contribution >= 4 is 15.8 Å². The molecule has 0 aromatic carbocycles. The average Bonchev–Trinajstić information content (AvgIpc) is 2.40. The molecular formula is C12H14N4O2S. The largest absolute Gasteiger partial charge is 0.384 e. The summed E-state index contributed by atoms with van der Waals surface area (Å²) in [5.41, 5.74) is 6.32. The zero-order valence-electron chi connectivity index (χ0n) is 10.4. The highest BCUT2D eigenvalue weighted by Gasteiger charge is 2.21. The third-order valence-corrected chi connectivity index (χ3v) is 4.39. The van der Waals surface area contributed by atoms with Crippen molar-refractivity contribution in [2.24, 2.45) is 0 Å². The Morgan fingerprint density at radius 3 is 2.74 bits per heavy atom. The van der Waals surface area contributed by atoms with Gasteiger partial charge in [0.25, 0.3) is 0 Å². The Morgan fingerprint density at radius 1 is 1.32 bits per heavy atom. The minimum atomic E-state index is -3.57. The normalized spacial score (nSPS) is 11.7. The molecule has 0 bridgehead atoms. The van der Waals surface area contributed by atoms with Crippen LogP contribution in [0.25, 0.3) is 0 Å². The molecule has 0 saturated heterocycles. The van der Waals surface area contributed by atoms with E-state index in [0.29, 0.717) is 0 Å². The van der Waals surface area contributed by atoms with Crippen LogP contribution in [0, 0.1) is 0 Å². The first kappa shape index (κ1) is 13.4. The van der Waals surface area contributed by atoms with Crippen molar-refractivity contribution in [2.45, 2.75) is 11.4 Å². The van der Waals surface area contributed by atoms with Gasteiger partial charge in [-0.1, -0.05) is 6.07 Å². The van der Waals surface area contributed by atoms with Gasteiger partial charge >= 0.3 is 0 Å². The van der Waals surface area contributed by atoms with E-state index in [1.807, 2.05) is 6.07 Å². The topological polar surface area (TPSA) is 89.2 Å². The first-order valence-corrected chi connectivity index (χ1v) is 7.01. The summed E-state index contributed by atoms with van der Waals surface area (Å²) in [7, 11) is -2.06. The smallest absolute Gasteiger partial charge is 0.243 e. The van der Waals surface area contributed by atoms with Gasteiger partial charge in [-0.25, -0.2) is 13.4 Å². The van der Waals surface area contributed by atoms with E-state index in [0.717, 1.165) is 5.56 Å². The number of nitrogens with two attached hydrogens (primary N) is 1. The molecule has 0 atom stereocenters. The van der Waals surface area contributed by atoms with Crippen LogP contribution < -0.4 is 5.73 Å². The quantitative estimate of drug-likeness (QED) is 0.896. The van der Waals surface area contributed by atoms with Crippen molar-refractivity contribution in [3.8, 4) is 0 Å². The second-order valence-electron chi connectivity index (χ2n) is 4.04. The van der Waals surface area contributed by atoms with Crippen LogP contribution in [0.15, 0.2) is 47.8 Å². The van der Waals surface area contributed by atoms with Crippen molar-refractivity contribution in [1.29, 1.82) is 0 Å². The van der Waals surface area contributed by atoms with Crippen LogP contribution in [0.5, 0.6) is 0 Å². The van der Waals surface area contributed by atoms with Crippen molar-refractivity contribution in [3.05, 3.63) is 48.4 Å². The van der Waals surface area contributed by atoms with Gasteiger partial charge in [0.1, 0.15) is 5.82 Å². The molecule has 0 aliphatic carbocycles. The lowest BCUT2D eigenvalue weighted by Gasteiger charge is -2.17. The summed E-state index contributed by atoms with van der Waals surface area (Å²) in [6.07, 6.45) is 4.65. The zero-order valence-corrected chi connectivity index (χ0v) is 11.2. The molecule has 2 aromatic heterocycles. The highest BCUT2D eigenvalue weighted by atomic mass is 32.2. The molecule has 0 amide bonds. The fourth-order valence-electron chi connectivity index (χ4n) is 1.60. The third-order valence-electron chi connectivity index (χ3n) is 2.59. The minimum Gasteiger partial charge on any atom is -0.384 e. The van der Waals surface area contributed by atoms with Crippen LogP contribution in [0.2, 0.25) is 0 Å². The van der Waals surface area contributed by atoms with Gasteiger partial charge in [-0.15, -0.1) is 0 Å². The Kier molecular flexibility index (Phi) is 3.77. The molecule has 2 aromatic rings. The standard InChI is InChI=1S/C12H14N4O2S/c1-16(9-10-3-2-5-14-8-10)19(17,18)11-4-6-15-12(13)7-11/h2-8H,9H2,1H3,(H2,13,15). The lowest BCUT2D eigenvalue weighted by molar-refractivity contribution is 0.466. The first-order valence-electron chi connectivity index (χ1n) is 5.57. The molecule has 0 radical (unpaired) electrons. The SMILES string of the molecule is CN(Cc1cccnc1)S(=O)(=O)c1ccnc(N)c1. The lowest BCUT2D eigenvalue weighted by atomic mass is 10.3. The van der Waals surface area contributed by atoms with Crippen molar-refractivity contribution in [1.82, 2.24) is 14.3 Å². The van der Waals surface area contributed by atoms with Crippen LogP contribution >= 0.6 is 0 Å². The Morgan fingerprint density at radius 2 is 2.11 bits per heavy atom. The molecule has 2 heterocycles. The fraction of sp³-hybridized carbons (Fsp3) is 0.167. The van der Waals surface area contributed by atoms with E-state index in [2.05, 4.69) is 9.97 Å². The number of hydrogen-bond donors (Lipinski definition) is 1. The number of nitrogens with zero attached hydrogens (tertiary/aromatic N) is 3. The van der Waals surface area contributed by atoms with E-state index in [9.17, 15) is 8.42 Å². The predicted molar refractivity (Wildman–Crippen MR) is 71.5 cm³/mol. The molecule has 2 N–H and O–H groups in total. The Hall–Kier alpha value is -1.99. The number of pyridine rings is 2. The van der Waals surface area contributed by atoms with Crippen molar-refractivity contribution in [3.63, 3.8) is 0 Å².